The van der Waals surface area contributed by atoms with E-state index in [0.717, 1.165) is 0 Å². The van der Waals surface area contributed by atoms with E-state index < -0.39 is 5.91 Å². The maximum Gasteiger partial charge on any atom is 0.264 e. The number of nitrogens with one attached hydrogen (secondary N) is 1. The second-order valence-electron chi connectivity index (χ2n) is 2.76. The van der Waals surface area contributed by atoms with E-state index in [1.165, 1.54) is 18.3 Å². The van der Waals surface area contributed by atoms with E-state index in [0.29, 0.717) is 11.5 Å². The van der Waals surface area contributed by atoms with Gasteiger partial charge in [0.15, 0.2) is 17.7 Å². The van der Waals surface area contributed by atoms with Gasteiger partial charge in [0.1, 0.15) is 0 Å². The van der Waals surface area contributed by atoms with Crippen LogP contribution in [-0.4, -0.2) is 12.7 Å². The molecular weight excluding hydrogens is 220 g/mol. The predicted octanol–water partition coefficient (Wildman–Crippen LogP) is 1.28. The summed E-state index contributed by atoms with van der Waals surface area (Å²) in [6.45, 7) is 0.0817. The standard InChI is InChI=1S/C9H5ClN2O3/c10-6-1-5(9(13)12-3-11)2-7-8(6)15-4-14-7/h1-2H,4H2,(H,12,13). The van der Waals surface area contributed by atoms with Crippen LogP contribution in [0.5, 0.6) is 11.5 Å². The lowest BCUT2D eigenvalue weighted by atomic mass is 10.2. The summed E-state index contributed by atoms with van der Waals surface area (Å²) in [5.41, 5.74) is 0.255. The lowest BCUT2D eigenvalue weighted by molar-refractivity contribution is 0.0972. The molecule has 1 N–H and O–H groups in total. The van der Waals surface area contributed by atoms with Crippen LogP contribution in [0.4, 0.5) is 0 Å². The highest BCUT2D eigenvalue weighted by Gasteiger charge is 2.20. The smallest absolute Gasteiger partial charge is 0.264 e. The molecule has 0 unspecified atom stereocenters. The summed E-state index contributed by atoms with van der Waals surface area (Å²) < 4.78 is 10.2. The fourth-order valence-corrected chi connectivity index (χ4v) is 1.49. The van der Waals surface area contributed by atoms with Gasteiger partial charge in [-0.25, -0.2) is 0 Å². The highest BCUT2D eigenvalue weighted by molar-refractivity contribution is 6.32. The van der Waals surface area contributed by atoms with Crippen LogP contribution < -0.4 is 14.8 Å². The van der Waals surface area contributed by atoms with Crippen molar-refractivity contribution in [2.75, 3.05) is 6.79 Å². The highest BCUT2D eigenvalue weighted by atomic mass is 35.5. The van der Waals surface area contributed by atoms with Gasteiger partial charge in [-0.15, -0.1) is 0 Å². The number of halogens is 1. The Bertz CT molecular complexity index is 467. The van der Waals surface area contributed by atoms with Gasteiger partial charge in [0.2, 0.25) is 6.79 Å². The van der Waals surface area contributed by atoms with Crippen LogP contribution in [0.25, 0.3) is 0 Å². The molecule has 1 amide bonds. The van der Waals surface area contributed by atoms with Crippen LogP contribution in [0.15, 0.2) is 12.1 Å². The number of nitriles is 1. The molecular formula is C9H5ClN2O3. The first-order valence-corrected chi connectivity index (χ1v) is 4.38. The third kappa shape index (κ3) is 1.67. The zero-order valence-electron chi connectivity index (χ0n) is 7.41. The van der Waals surface area contributed by atoms with Gasteiger partial charge in [0.05, 0.1) is 5.02 Å². The quantitative estimate of drug-likeness (QED) is 0.576. The molecule has 1 aliphatic heterocycles. The first-order valence-electron chi connectivity index (χ1n) is 4.01. The van der Waals surface area contributed by atoms with Crippen molar-refractivity contribution in [3.63, 3.8) is 0 Å². The van der Waals surface area contributed by atoms with Gasteiger partial charge in [0.25, 0.3) is 5.91 Å². The third-order valence-electron chi connectivity index (χ3n) is 1.86. The van der Waals surface area contributed by atoms with Crippen LogP contribution in [0.3, 0.4) is 0 Å². The highest BCUT2D eigenvalue weighted by Crippen LogP contribution is 2.39. The maximum atomic E-state index is 11.3. The number of hydrogen-bond acceptors (Lipinski definition) is 4. The largest absolute Gasteiger partial charge is 0.454 e. The van der Waals surface area contributed by atoms with Gasteiger partial charge < -0.3 is 9.47 Å². The van der Waals surface area contributed by atoms with E-state index in [4.69, 9.17) is 26.3 Å². The number of benzene rings is 1. The predicted molar refractivity (Wildman–Crippen MR) is 50.7 cm³/mol. The van der Waals surface area contributed by atoms with Crippen molar-refractivity contribution < 1.29 is 14.3 Å². The summed E-state index contributed by atoms with van der Waals surface area (Å²) >= 11 is 5.85. The first kappa shape index (κ1) is 9.62. The van der Waals surface area contributed by atoms with E-state index >= 15 is 0 Å². The molecule has 0 aliphatic carbocycles. The van der Waals surface area contributed by atoms with Crippen molar-refractivity contribution in [2.45, 2.75) is 0 Å². The molecule has 0 bridgehead atoms. The summed E-state index contributed by atoms with van der Waals surface area (Å²) in [6.07, 6.45) is 1.54. The number of nitrogens with zero attached hydrogens (tertiary/aromatic N) is 1. The van der Waals surface area contributed by atoms with E-state index in [-0.39, 0.29) is 17.4 Å². The van der Waals surface area contributed by atoms with Gasteiger partial charge in [-0.3, -0.25) is 10.1 Å². The number of hydrogen-bond donors (Lipinski definition) is 1. The average molecular weight is 225 g/mol. The Morgan fingerprint density at radius 2 is 2.33 bits per heavy atom. The Morgan fingerprint density at radius 1 is 1.53 bits per heavy atom. The number of carbonyl (C=O) groups is 1. The van der Waals surface area contributed by atoms with Crippen molar-refractivity contribution in [1.82, 2.24) is 5.32 Å². The molecule has 0 saturated heterocycles. The summed E-state index contributed by atoms with van der Waals surface area (Å²) in [4.78, 5) is 11.3. The topological polar surface area (TPSA) is 71.4 Å². The molecule has 0 spiro atoms. The van der Waals surface area contributed by atoms with Gasteiger partial charge in [-0.2, -0.15) is 5.26 Å². The molecule has 0 aromatic heterocycles. The molecule has 0 fully saturated rings. The van der Waals surface area contributed by atoms with E-state index in [1.807, 2.05) is 5.32 Å². The summed E-state index contributed by atoms with van der Waals surface area (Å²) in [6, 6.07) is 2.89. The number of fused-ring (bicyclic) bond motifs is 1. The average Bonchev–Trinajstić information content (AvgIpc) is 2.66. The van der Waals surface area contributed by atoms with Gasteiger partial charge >= 0.3 is 0 Å². The molecule has 2 rings (SSSR count). The Balaban J connectivity index is 2.40. The van der Waals surface area contributed by atoms with Crippen molar-refractivity contribution in [1.29, 1.82) is 5.26 Å². The van der Waals surface area contributed by atoms with Gasteiger partial charge in [-0.05, 0) is 12.1 Å². The lowest BCUT2D eigenvalue weighted by Crippen LogP contribution is -2.17. The molecule has 76 valence electrons. The number of amides is 1. The second kappa shape index (κ2) is 3.67. The second-order valence-corrected chi connectivity index (χ2v) is 3.16. The summed E-state index contributed by atoms with van der Waals surface area (Å²) in [5.74, 6) is 0.300. The van der Waals surface area contributed by atoms with Crippen LogP contribution in [-0.2, 0) is 0 Å². The minimum absolute atomic E-state index is 0.0817. The van der Waals surface area contributed by atoms with Crippen molar-refractivity contribution >= 4 is 17.5 Å². The molecule has 1 heterocycles. The van der Waals surface area contributed by atoms with Crippen molar-refractivity contribution in [2.24, 2.45) is 0 Å². The van der Waals surface area contributed by atoms with Crippen LogP contribution in [0.1, 0.15) is 10.4 Å². The zero-order chi connectivity index (χ0) is 10.8. The fourth-order valence-electron chi connectivity index (χ4n) is 1.22. The molecule has 1 aromatic rings. The lowest BCUT2D eigenvalue weighted by Gasteiger charge is -2.02. The third-order valence-corrected chi connectivity index (χ3v) is 2.14. The minimum Gasteiger partial charge on any atom is -0.454 e. The van der Waals surface area contributed by atoms with E-state index in [1.54, 1.807) is 0 Å². The molecule has 0 radical (unpaired) electrons. The van der Waals surface area contributed by atoms with E-state index in [9.17, 15) is 4.79 Å². The molecule has 5 nitrogen and oxygen atoms in total. The first-order chi connectivity index (χ1) is 7.22. The fraction of sp³-hybridized carbons (Fsp3) is 0.111. The molecule has 1 aromatic carbocycles. The molecule has 1 aliphatic rings. The van der Waals surface area contributed by atoms with Gasteiger partial charge in [0, 0.05) is 5.56 Å². The number of rotatable bonds is 1. The number of carbonyl (C=O) groups excluding carboxylic acids is 1. The number of ether oxygens (including phenoxy) is 2. The molecule has 0 atom stereocenters. The normalized spacial score (nSPS) is 12.0. The van der Waals surface area contributed by atoms with Crippen molar-refractivity contribution in [3.05, 3.63) is 22.7 Å². The molecule has 0 saturated carbocycles. The van der Waals surface area contributed by atoms with Gasteiger partial charge in [-0.1, -0.05) is 11.6 Å². The Labute approximate surface area is 90.2 Å². The monoisotopic (exact) mass is 224 g/mol. The minimum atomic E-state index is -0.530. The Morgan fingerprint density at radius 3 is 3.07 bits per heavy atom. The molecule has 6 heteroatoms. The summed E-state index contributed by atoms with van der Waals surface area (Å²) in [7, 11) is 0. The SMILES string of the molecule is N#CNC(=O)c1cc(Cl)c2c(c1)OCO2. The Kier molecular flexibility index (Phi) is 2.35. The van der Waals surface area contributed by atoms with Crippen LogP contribution >= 0.6 is 11.6 Å². The van der Waals surface area contributed by atoms with Crippen LogP contribution in [0.2, 0.25) is 5.02 Å². The van der Waals surface area contributed by atoms with Crippen molar-refractivity contribution in [3.8, 4) is 17.7 Å². The maximum absolute atomic E-state index is 11.3. The van der Waals surface area contributed by atoms with Crippen LogP contribution in [0, 0.1) is 11.5 Å². The molecule has 15 heavy (non-hydrogen) atoms. The Hall–Kier alpha value is -1.93. The zero-order valence-corrected chi connectivity index (χ0v) is 8.17. The summed E-state index contributed by atoms with van der Waals surface area (Å²) in [5, 5.41) is 10.6. The van der Waals surface area contributed by atoms with E-state index in [2.05, 4.69) is 0 Å².